The van der Waals surface area contributed by atoms with Crippen LogP contribution in [0, 0.1) is 16.7 Å². The first-order valence-corrected chi connectivity index (χ1v) is 9.97. The molecule has 30 heavy (non-hydrogen) atoms. The highest BCUT2D eigenvalue weighted by molar-refractivity contribution is 5.95. The first kappa shape index (κ1) is 19.8. The third-order valence-corrected chi connectivity index (χ3v) is 5.91. The number of amides is 3. The summed E-state index contributed by atoms with van der Waals surface area (Å²) < 4.78 is 5.13. The zero-order valence-electron chi connectivity index (χ0n) is 16.9. The number of nitriles is 1. The van der Waals surface area contributed by atoms with Gasteiger partial charge in [0, 0.05) is 36.7 Å². The maximum Gasteiger partial charge on any atom is 0.315 e. The second kappa shape index (κ2) is 8.07. The number of rotatable bonds is 5. The van der Waals surface area contributed by atoms with E-state index in [1.54, 1.807) is 31.4 Å². The molecule has 2 aliphatic rings. The van der Waals surface area contributed by atoms with Crippen molar-refractivity contribution in [1.29, 1.82) is 5.26 Å². The molecule has 1 aliphatic carbocycles. The summed E-state index contributed by atoms with van der Waals surface area (Å²) in [6, 6.07) is 16.3. The van der Waals surface area contributed by atoms with Crippen molar-refractivity contribution in [2.75, 3.05) is 20.2 Å². The second-order valence-electron chi connectivity index (χ2n) is 8.13. The molecular weight excluding hydrogens is 380 g/mol. The molecule has 1 saturated carbocycles. The Hall–Kier alpha value is -3.53. The molecule has 1 saturated heterocycles. The molecule has 0 radical (unpaired) electrons. The Morgan fingerprint density at radius 2 is 1.80 bits per heavy atom. The lowest BCUT2D eigenvalue weighted by Crippen LogP contribution is -2.67. The van der Waals surface area contributed by atoms with E-state index in [0.717, 1.165) is 37.2 Å². The molecule has 2 N–H and O–H groups in total. The summed E-state index contributed by atoms with van der Waals surface area (Å²) in [6.45, 7) is 1.90. The highest BCUT2D eigenvalue weighted by Crippen LogP contribution is 2.48. The van der Waals surface area contributed by atoms with Crippen LogP contribution < -0.4 is 15.4 Å². The van der Waals surface area contributed by atoms with Crippen LogP contribution in [-0.4, -0.2) is 43.1 Å². The standard InChI is InChI=1S/C23H24N4O3/c1-30-20-8-4-17(5-9-20)13-25-22(29)26-19-10-23(11-19)14-27(15-23)21(28)18-6-2-16(12-24)3-7-18/h2-9,19H,10-11,13-15H2,1H3,(H2,25,26,29). The van der Waals surface area contributed by atoms with Crippen LogP contribution in [0.15, 0.2) is 48.5 Å². The van der Waals surface area contributed by atoms with Crippen LogP contribution in [-0.2, 0) is 6.54 Å². The van der Waals surface area contributed by atoms with Crippen LogP contribution in [0.1, 0.15) is 34.3 Å². The van der Waals surface area contributed by atoms with E-state index in [0.29, 0.717) is 17.7 Å². The van der Waals surface area contributed by atoms with Crippen molar-refractivity contribution in [2.45, 2.75) is 25.4 Å². The van der Waals surface area contributed by atoms with Gasteiger partial charge < -0.3 is 20.3 Å². The van der Waals surface area contributed by atoms with Crippen molar-refractivity contribution in [1.82, 2.24) is 15.5 Å². The van der Waals surface area contributed by atoms with Gasteiger partial charge in [0.2, 0.25) is 0 Å². The fourth-order valence-corrected chi connectivity index (χ4v) is 4.28. The summed E-state index contributed by atoms with van der Waals surface area (Å²) in [6.07, 6.45) is 1.78. The van der Waals surface area contributed by atoms with E-state index < -0.39 is 0 Å². The van der Waals surface area contributed by atoms with E-state index >= 15 is 0 Å². The van der Waals surface area contributed by atoms with Gasteiger partial charge >= 0.3 is 6.03 Å². The fourth-order valence-electron chi connectivity index (χ4n) is 4.28. The maximum atomic E-state index is 12.5. The van der Waals surface area contributed by atoms with Gasteiger partial charge in [-0.25, -0.2) is 4.79 Å². The van der Waals surface area contributed by atoms with Gasteiger partial charge in [0.05, 0.1) is 18.7 Å². The number of nitrogens with one attached hydrogen (secondary N) is 2. The van der Waals surface area contributed by atoms with Gasteiger partial charge in [-0.15, -0.1) is 0 Å². The van der Waals surface area contributed by atoms with E-state index in [2.05, 4.69) is 16.7 Å². The molecule has 1 aliphatic heterocycles. The maximum absolute atomic E-state index is 12.5. The Bertz CT molecular complexity index is 965. The second-order valence-corrected chi connectivity index (χ2v) is 8.13. The van der Waals surface area contributed by atoms with E-state index in [9.17, 15) is 9.59 Å². The molecule has 3 amide bonds. The van der Waals surface area contributed by atoms with Gasteiger partial charge in [0.1, 0.15) is 5.75 Å². The summed E-state index contributed by atoms with van der Waals surface area (Å²) in [7, 11) is 1.62. The van der Waals surface area contributed by atoms with Crippen LogP contribution in [0.3, 0.4) is 0 Å². The molecule has 154 valence electrons. The van der Waals surface area contributed by atoms with E-state index in [4.69, 9.17) is 10.00 Å². The topological polar surface area (TPSA) is 94.5 Å². The average Bonchev–Trinajstić information content (AvgIpc) is 2.73. The number of hydrogen-bond donors (Lipinski definition) is 2. The molecule has 2 aromatic carbocycles. The lowest BCUT2D eigenvalue weighted by atomic mass is 9.60. The largest absolute Gasteiger partial charge is 0.497 e. The highest BCUT2D eigenvalue weighted by Gasteiger charge is 2.54. The van der Waals surface area contributed by atoms with E-state index in [1.807, 2.05) is 29.2 Å². The first-order chi connectivity index (χ1) is 14.5. The zero-order chi connectivity index (χ0) is 21.1. The minimum absolute atomic E-state index is 0.00115. The van der Waals surface area contributed by atoms with Gasteiger partial charge in [-0.3, -0.25) is 4.79 Å². The summed E-state index contributed by atoms with van der Waals surface area (Å²) in [5, 5.41) is 14.7. The zero-order valence-corrected chi connectivity index (χ0v) is 16.9. The number of carbonyl (C=O) groups excluding carboxylic acids is 2. The summed E-state index contributed by atoms with van der Waals surface area (Å²) >= 11 is 0. The molecular formula is C23H24N4O3. The Balaban J connectivity index is 1.17. The monoisotopic (exact) mass is 404 g/mol. The molecule has 2 aromatic rings. The average molecular weight is 404 g/mol. The fraction of sp³-hybridized carbons (Fsp3) is 0.348. The number of hydrogen-bond acceptors (Lipinski definition) is 4. The predicted molar refractivity (Wildman–Crippen MR) is 111 cm³/mol. The molecule has 0 unspecified atom stereocenters. The SMILES string of the molecule is COc1ccc(CNC(=O)NC2CC3(C2)CN(C(=O)c2ccc(C#N)cc2)C3)cc1. The number of methoxy groups -OCH3 is 1. The Labute approximate surface area is 175 Å². The summed E-state index contributed by atoms with van der Waals surface area (Å²) in [4.78, 5) is 26.5. The van der Waals surface area contributed by atoms with E-state index in [-0.39, 0.29) is 23.4 Å². The molecule has 1 heterocycles. The van der Waals surface area contributed by atoms with Crippen molar-refractivity contribution in [3.63, 3.8) is 0 Å². The Kier molecular flexibility index (Phi) is 5.32. The summed E-state index contributed by atoms with van der Waals surface area (Å²) in [5.41, 5.74) is 2.29. The number of likely N-dealkylation sites (tertiary alicyclic amines) is 1. The van der Waals surface area contributed by atoms with Crippen LogP contribution in [0.5, 0.6) is 5.75 Å². The highest BCUT2D eigenvalue weighted by atomic mass is 16.5. The minimum Gasteiger partial charge on any atom is -0.497 e. The number of carbonyl (C=O) groups is 2. The Morgan fingerprint density at radius 1 is 1.13 bits per heavy atom. The molecule has 0 atom stereocenters. The molecule has 7 heteroatoms. The smallest absolute Gasteiger partial charge is 0.315 e. The van der Waals surface area contributed by atoms with Gasteiger partial charge in [-0.05, 0) is 54.8 Å². The van der Waals surface area contributed by atoms with Crippen LogP contribution in [0.2, 0.25) is 0 Å². The Morgan fingerprint density at radius 3 is 2.40 bits per heavy atom. The molecule has 7 nitrogen and oxygen atoms in total. The number of benzene rings is 2. The van der Waals surface area contributed by atoms with Crippen molar-refractivity contribution >= 4 is 11.9 Å². The first-order valence-electron chi connectivity index (χ1n) is 9.97. The lowest BCUT2D eigenvalue weighted by Gasteiger charge is -2.59. The van der Waals surface area contributed by atoms with Gasteiger partial charge in [0.25, 0.3) is 5.91 Å². The van der Waals surface area contributed by atoms with Crippen LogP contribution >= 0.6 is 0 Å². The number of urea groups is 1. The van der Waals surface area contributed by atoms with Gasteiger partial charge in [-0.2, -0.15) is 5.26 Å². The lowest BCUT2D eigenvalue weighted by molar-refractivity contribution is -0.0585. The number of ether oxygens (including phenoxy) is 1. The normalized spacial score (nSPS) is 16.7. The molecule has 1 spiro atoms. The van der Waals surface area contributed by atoms with Crippen LogP contribution in [0.4, 0.5) is 4.79 Å². The minimum atomic E-state index is -0.171. The van der Waals surface area contributed by atoms with Crippen molar-refractivity contribution < 1.29 is 14.3 Å². The van der Waals surface area contributed by atoms with E-state index in [1.165, 1.54) is 0 Å². The third kappa shape index (κ3) is 4.08. The molecule has 0 bridgehead atoms. The molecule has 4 rings (SSSR count). The summed E-state index contributed by atoms with van der Waals surface area (Å²) in [5.74, 6) is 0.786. The van der Waals surface area contributed by atoms with Crippen molar-refractivity contribution in [3.05, 3.63) is 65.2 Å². The van der Waals surface area contributed by atoms with Crippen molar-refractivity contribution in [2.24, 2.45) is 5.41 Å². The van der Waals surface area contributed by atoms with Crippen molar-refractivity contribution in [3.8, 4) is 11.8 Å². The van der Waals surface area contributed by atoms with Gasteiger partial charge in [0.15, 0.2) is 0 Å². The van der Waals surface area contributed by atoms with Gasteiger partial charge in [-0.1, -0.05) is 12.1 Å². The third-order valence-electron chi connectivity index (χ3n) is 5.91. The molecule has 2 fully saturated rings. The quantitative estimate of drug-likeness (QED) is 0.801. The predicted octanol–water partition coefficient (Wildman–Crippen LogP) is 2.67. The number of nitrogens with zero attached hydrogens (tertiary/aromatic N) is 2. The molecule has 0 aromatic heterocycles. The van der Waals surface area contributed by atoms with Crippen LogP contribution in [0.25, 0.3) is 0 Å².